The second kappa shape index (κ2) is 11.0. The molecule has 0 atom stereocenters. The summed E-state index contributed by atoms with van der Waals surface area (Å²) in [6.45, 7) is 1.21. The van der Waals surface area contributed by atoms with Crippen LogP contribution < -0.4 is 10.1 Å². The fourth-order valence-electron chi connectivity index (χ4n) is 5.02. The molecule has 8 nitrogen and oxygen atoms in total. The van der Waals surface area contributed by atoms with Crippen molar-refractivity contribution >= 4 is 55.4 Å². The summed E-state index contributed by atoms with van der Waals surface area (Å²) in [5, 5.41) is 4.40. The Bertz CT molecular complexity index is 1800. The Hall–Kier alpha value is -4.58. The maximum absolute atomic E-state index is 13.8. The molecule has 1 saturated heterocycles. The van der Waals surface area contributed by atoms with Gasteiger partial charge in [-0.1, -0.05) is 34.1 Å². The minimum Gasteiger partial charge on any atom is -0.406 e. The first-order valence-electron chi connectivity index (χ1n) is 13.0. The average Bonchev–Trinajstić information content (AvgIpc) is 3.39. The molecule has 0 bridgehead atoms. The Morgan fingerprint density at radius 3 is 2.36 bits per heavy atom. The molecule has 1 aliphatic heterocycles. The van der Waals surface area contributed by atoms with E-state index in [0.29, 0.717) is 48.6 Å². The van der Waals surface area contributed by atoms with E-state index in [1.54, 1.807) is 9.80 Å². The number of carbonyl (C=O) groups excluding carboxylic acids is 2. The van der Waals surface area contributed by atoms with Crippen LogP contribution in [0, 0.1) is 0 Å². The number of anilines is 1. The number of aromatic nitrogens is 2. The molecule has 0 saturated carbocycles. The molecule has 0 spiro atoms. The van der Waals surface area contributed by atoms with E-state index in [1.165, 1.54) is 12.1 Å². The van der Waals surface area contributed by atoms with Gasteiger partial charge in [-0.05, 0) is 54.6 Å². The number of hydrogen-bond acceptors (Lipinski definition) is 4. The lowest BCUT2D eigenvalue weighted by Gasteiger charge is -2.35. The number of para-hydroxylation sites is 1. The van der Waals surface area contributed by atoms with E-state index in [0.717, 1.165) is 38.5 Å². The van der Waals surface area contributed by atoms with Gasteiger partial charge in [-0.25, -0.2) is 9.78 Å². The zero-order chi connectivity index (χ0) is 29.4. The number of hydrogen-bond donors (Lipinski definition) is 2. The summed E-state index contributed by atoms with van der Waals surface area (Å²) < 4.78 is 42.0. The van der Waals surface area contributed by atoms with E-state index < -0.39 is 12.4 Å². The van der Waals surface area contributed by atoms with Crippen molar-refractivity contribution in [1.82, 2.24) is 19.8 Å². The molecule has 0 aliphatic carbocycles. The number of ether oxygens (including phenoxy) is 1. The number of piperazine rings is 1. The monoisotopic (exact) mass is 637 g/mol. The van der Waals surface area contributed by atoms with Gasteiger partial charge in [-0.2, -0.15) is 0 Å². The third-order valence-corrected chi connectivity index (χ3v) is 7.55. The van der Waals surface area contributed by atoms with Crippen molar-refractivity contribution in [1.29, 1.82) is 0 Å². The molecular weight excluding hydrogens is 615 g/mol. The molecule has 1 fully saturated rings. The topological polar surface area (TPSA) is 90.6 Å². The second-order valence-corrected chi connectivity index (χ2v) is 10.7. The van der Waals surface area contributed by atoms with E-state index >= 15 is 0 Å². The van der Waals surface area contributed by atoms with Crippen molar-refractivity contribution in [2.24, 2.45) is 0 Å². The normalized spacial score (nSPS) is 13.9. The lowest BCUT2D eigenvalue weighted by Crippen LogP contribution is -2.51. The number of H-pyrrole nitrogens is 1. The highest BCUT2D eigenvalue weighted by atomic mass is 79.9. The summed E-state index contributed by atoms with van der Waals surface area (Å²) in [6, 6.07) is 19.8. The maximum Gasteiger partial charge on any atom is 0.573 e. The molecule has 0 unspecified atom stereocenters. The molecule has 1 aliphatic rings. The highest BCUT2D eigenvalue weighted by molar-refractivity contribution is 9.10. The maximum atomic E-state index is 13.8. The van der Waals surface area contributed by atoms with Gasteiger partial charge in [-0.15, -0.1) is 13.2 Å². The summed E-state index contributed by atoms with van der Waals surface area (Å²) in [4.78, 5) is 38.0. The molecule has 214 valence electrons. The van der Waals surface area contributed by atoms with Crippen LogP contribution in [0.3, 0.4) is 0 Å². The third kappa shape index (κ3) is 5.75. The Morgan fingerprint density at radius 1 is 0.905 bits per heavy atom. The molecule has 42 heavy (non-hydrogen) atoms. The van der Waals surface area contributed by atoms with Crippen molar-refractivity contribution in [2.75, 3.05) is 31.5 Å². The van der Waals surface area contributed by atoms with E-state index in [9.17, 15) is 22.8 Å². The molecule has 2 N–H and O–H groups in total. The number of pyridine rings is 1. The summed E-state index contributed by atoms with van der Waals surface area (Å²) in [5.74, 6) is -0.534. The Labute approximate surface area is 246 Å². The van der Waals surface area contributed by atoms with E-state index in [-0.39, 0.29) is 11.7 Å². The molecule has 3 heterocycles. The predicted molar refractivity (Wildman–Crippen MR) is 156 cm³/mol. The molecule has 3 amide bonds. The average molecular weight is 638 g/mol. The highest BCUT2D eigenvalue weighted by Gasteiger charge is 2.31. The first kappa shape index (κ1) is 27.6. The number of carbonyl (C=O) groups is 2. The smallest absolute Gasteiger partial charge is 0.406 e. The van der Waals surface area contributed by atoms with Gasteiger partial charge in [0.2, 0.25) is 0 Å². The summed E-state index contributed by atoms with van der Waals surface area (Å²) in [6.07, 6.45) is -2.91. The minimum atomic E-state index is -4.79. The summed E-state index contributed by atoms with van der Waals surface area (Å²) in [5.41, 5.74) is 4.06. The zero-order valence-corrected chi connectivity index (χ0v) is 23.5. The van der Waals surface area contributed by atoms with E-state index in [1.807, 2.05) is 54.7 Å². The van der Waals surface area contributed by atoms with E-state index in [2.05, 4.69) is 31.0 Å². The van der Waals surface area contributed by atoms with Crippen molar-refractivity contribution < 1.29 is 27.5 Å². The van der Waals surface area contributed by atoms with Gasteiger partial charge in [0, 0.05) is 64.4 Å². The molecule has 12 heteroatoms. The molecular formula is C30H23BrF3N5O3. The van der Waals surface area contributed by atoms with Gasteiger partial charge in [0.15, 0.2) is 0 Å². The SMILES string of the molecule is O=C(Nc1ccc(OC(F)(F)F)cc1)N1CCN(C(=O)c2cc(-c3c[nH]c4ccc(Br)cc34)nc3ccccc23)CC1. The third-order valence-electron chi connectivity index (χ3n) is 7.06. The Morgan fingerprint density at radius 2 is 1.62 bits per heavy atom. The number of amides is 3. The standard InChI is InChI=1S/C30H23BrF3N5O3/c31-18-5-10-25-22(15-18)24(17-35-25)27-16-23(21-3-1-2-4-26(21)37-27)28(40)38-11-13-39(14-12-38)29(41)36-19-6-8-20(9-7-19)42-30(32,33)34/h1-10,15-17,35H,11-14H2,(H,36,41). The van der Waals surface area contributed by atoms with Crippen molar-refractivity contribution in [3.05, 3.63) is 89.0 Å². The summed E-state index contributed by atoms with van der Waals surface area (Å²) >= 11 is 3.53. The number of aromatic amines is 1. The van der Waals surface area contributed by atoms with Crippen LogP contribution in [0.1, 0.15) is 10.4 Å². The van der Waals surface area contributed by atoms with Gasteiger partial charge in [-0.3, -0.25) is 4.79 Å². The lowest BCUT2D eigenvalue weighted by molar-refractivity contribution is -0.274. The van der Waals surface area contributed by atoms with Crippen molar-refractivity contribution in [2.45, 2.75) is 6.36 Å². The van der Waals surface area contributed by atoms with Crippen molar-refractivity contribution in [3.63, 3.8) is 0 Å². The fraction of sp³-hybridized carbons (Fsp3) is 0.167. The molecule has 2 aromatic heterocycles. The molecule has 5 aromatic rings. The van der Waals surface area contributed by atoms with Crippen LogP contribution in [-0.2, 0) is 0 Å². The number of alkyl halides is 3. The second-order valence-electron chi connectivity index (χ2n) is 9.75. The van der Waals surface area contributed by atoms with Crippen LogP contribution in [0.25, 0.3) is 33.1 Å². The van der Waals surface area contributed by atoms with Crippen LogP contribution in [0.2, 0.25) is 0 Å². The largest absolute Gasteiger partial charge is 0.573 e. The van der Waals surface area contributed by atoms with Gasteiger partial charge >= 0.3 is 12.4 Å². The quantitative estimate of drug-likeness (QED) is 0.221. The molecule has 0 radical (unpaired) electrons. The van der Waals surface area contributed by atoms with Gasteiger partial charge in [0.25, 0.3) is 5.91 Å². The van der Waals surface area contributed by atoms with Gasteiger partial charge in [0.05, 0.1) is 16.8 Å². The number of urea groups is 1. The van der Waals surface area contributed by atoms with Crippen LogP contribution in [0.5, 0.6) is 5.75 Å². The number of nitrogens with one attached hydrogen (secondary N) is 2. The van der Waals surface area contributed by atoms with Crippen LogP contribution >= 0.6 is 15.9 Å². The van der Waals surface area contributed by atoms with E-state index in [4.69, 9.17) is 4.98 Å². The zero-order valence-electron chi connectivity index (χ0n) is 21.9. The van der Waals surface area contributed by atoms with Crippen molar-refractivity contribution in [3.8, 4) is 17.0 Å². The highest BCUT2D eigenvalue weighted by Crippen LogP contribution is 2.33. The van der Waals surface area contributed by atoms with Gasteiger partial charge in [0.1, 0.15) is 5.75 Å². The fourth-order valence-corrected chi connectivity index (χ4v) is 5.38. The number of nitrogens with zero attached hydrogens (tertiary/aromatic N) is 3. The number of fused-ring (bicyclic) bond motifs is 2. The summed E-state index contributed by atoms with van der Waals surface area (Å²) in [7, 11) is 0. The first-order valence-corrected chi connectivity index (χ1v) is 13.8. The predicted octanol–water partition coefficient (Wildman–Crippen LogP) is 7.03. The minimum absolute atomic E-state index is 0.156. The van der Waals surface area contributed by atoms with Crippen LogP contribution in [0.15, 0.2) is 83.5 Å². The van der Waals surface area contributed by atoms with Gasteiger partial charge < -0.3 is 24.8 Å². The number of halogens is 4. The first-order chi connectivity index (χ1) is 20.1. The van der Waals surface area contributed by atoms with Crippen LogP contribution in [0.4, 0.5) is 23.7 Å². The molecule has 6 rings (SSSR count). The number of rotatable bonds is 4. The van der Waals surface area contributed by atoms with Crippen LogP contribution in [-0.4, -0.2) is 64.2 Å². The lowest BCUT2D eigenvalue weighted by atomic mass is 10.0. The Kier molecular flexibility index (Phi) is 7.23. The number of benzene rings is 3. The molecule has 3 aromatic carbocycles. The Balaban J connectivity index is 1.17.